The van der Waals surface area contributed by atoms with Crippen LogP contribution in [0.15, 0.2) is 12.2 Å². The second kappa shape index (κ2) is 2.86. The zero-order valence-electron chi connectivity index (χ0n) is 8.31. The molecular formula is C11H17NO. The van der Waals surface area contributed by atoms with Gasteiger partial charge in [0.25, 0.3) is 0 Å². The van der Waals surface area contributed by atoms with Gasteiger partial charge in [0, 0.05) is 18.5 Å². The average Bonchev–Trinajstić information content (AvgIpc) is 2.85. The summed E-state index contributed by atoms with van der Waals surface area (Å²) < 4.78 is 0. The van der Waals surface area contributed by atoms with Gasteiger partial charge in [0.05, 0.1) is 0 Å². The maximum absolute atomic E-state index is 11.9. The van der Waals surface area contributed by atoms with Gasteiger partial charge in [-0.3, -0.25) is 4.79 Å². The summed E-state index contributed by atoms with van der Waals surface area (Å²) >= 11 is 0. The Labute approximate surface area is 79.6 Å². The third kappa shape index (κ3) is 1.62. The fraction of sp³-hybridized carbons (Fsp3) is 0.727. The molecular weight excluding hydrogens is 162 g/mol. The van der Waals surface area contributed by atoms with Gasteiger partial charge in [-0.15, -0.1) is 0 Å². The normalized spacial score (nSPS) is 25.9. The largest absolute Gasteiger partial charge is 0.342 e. The van der Waals surface area contributed by atoms with Gasteiger partial charge in [-0.25, -0.2) is 0 Å². The topological polar surface area (TPSA) is 20.3 Å². The minimum atomic E-state index is 0.0126. The van der Waals surface area contributed by atoms with Crippen LogP contribution in [0.2, 0.25) is 0 Å². The fourth-order valence-electron chi connectivity index (χ4n) is 1.81. The molecule has 2 aliphatic rings. The molecule has 2 fully saturated rings. The summed E-state index contributed by atoms with van der Waals surface area (Å²) in [7, 11) is 0. The van der Waals surface area contributed by atoms with Crippen molar-refractivity contribution in [2.45, 2.75) is 32.6 Å². The van der Waals surface area contributed by atoms with E-state index >= 15 is 0 Å². The van der Waals surface area contributed by atoms with Crippen LogP contribution in [-0.4, -0.2) is 23.9 Å². The lowest BCUT2D eigenvalue weighted by atomic mass is 10.0. The third-order valence-electron chi connectivity index (χ3n) is 3.27. The highest BCUT2D eigenvalue weighted by Gasteiger charge is 2.47. The molecule has 1 heterocycles. The predicted molar refractivity (Wildman–Crippen MR) is 52.3 cm³/mol. The van der Waals surface area contributed by atoms with Crippen LogP contribution >= 0.6 is 0 Å². The summed E-state index contributed by atoms with van der Waals surface area (Å²) in [4.78, 5) is 13.9. The standard InChI is InChI=1S/C11H17NO/c1-9-3-7-12(8-4-9)10(13)11(2)5-6-11/h1,3-8H2,2H3. The van der Waals surface area contributed by atoms with E-state index in [1.807, 2.05) is 4.90 Å². The molecule has 0 bridgehead atoms. The molecule has 0 unspecified atom stereocenters. The van der Waals surface area contributed by atoms with Crippen molar-refractivity contribution in [2.75, 3.05) is 13.1 Å². The van der Waals surface area contributed by atoms with Crippen LogP contribution < -0.4 is 0 Å². The fourth-order valence-corrected chi connectivity index (χ4v) is 1.81. The molecule has 1 saturated heterocycles. The van der Waals surface area contributed by atoms with Crippen LogP contribution in [0.5, 0.6) is 0 Å². The summed E-state index contributed by atoms with van der Waals surface area (Å²) in [6, 6.07) is 0. The van der Waals surface area contributed by atoms with Crippen molar-refractivity contribution < 1.29 is 4.79 Å². The first kappa shape index (κ1) is 8.79. The molecule has 2 rings (SSSR count). The molecule has 0 aromatic carbocycles. The number of piperidine rings is 1. The Balaban J connectivity index is 1.94. The van der Waals surface area contributed by atoms with Crippen LogP contribution in [0, 0.1) is 5.41 Å². The molecule has 0 aromatic rings. The number of carbonyl (C=O) groups is 1. The van der Waals surface area contributed by atoms with Crippen molar-refractivity contribution in [3.05, 3.63) is 12.2 Å². The van der Waals surface area contributed by atoms with Crippen molar-refractivity contribution in [1.82, 2.24) is 4.90 Å². The van der Waals surface area contributed by atoms with Gasteiger partial charge in [0.2, 0.25) is 5.91 Å². The third-order valence-corrected chi connectivity index (χ3v) is 3.27. The summed E-state index contributed by atoms with van der Waals surface area (Å²) in [5, 5.41) is 0. The van der Waals surface area contributed by atoms with E-state index in [2.05, 4.69) is 13.5 Å². The highest BCUT2D eigenvalue weighted by atomic mass is 16.2. The van der Waals surface area contributed by atoms with Gasteiger partial charge in [-0.1, -0.05) is 19.1 Å². The zero-order valence-corrected chi connectivity index (χ0v) is 8.31. The molecule has 2 nitrogen and oxygen atoms in total. The zero-order chi connectivity index (χ0) is 9.47. The van der Waals surface area contributed by atoms with Crippen LogP contribution in [0.25, 0.3) is 0 Å². The van der Waals surface area contributed by atoms with Crippen LogP contribution in [0.1, 0.15) is 32.6 Å². The van der Waals surface area contributed by atoms with Crippen LogP contribution in [0.4, 0.5) is 0 Å². The van der Waals surface area contributed by atoms with Crippen molar-refractivity contribution in [2.24, 2.45) is 5.41 Å². The number of likely N-dealkylation sites (tertiary alicyclic amines) is 1. The second-order valence-corrected chi connectivity index (χ2v) is 4.60. The lowest BCUT2D eigenvalue weighted by molar-refractivity contribution is -0.136. The number of rotatable bonds is 1. The van der Waals surface area contributed by atoms with E-state index in [9.17, 15) is 4.79 Å². The van der Waals surface area contributed by atoms with E-state index in [0.717, 1.165) is 38.8 Å². The summed E-state index contributed by atoms with van der Waals surface area (Å²) in [5.74, 6) is 0.375. The smallest absolute Gasteiger partial charge is 0.228 e. The van der Waals surface area contributed by atoms with Gasteiger partial charge in [0.1, 0.15) is 0 Å². The van der Waals surface area contributed by atoms with E-state index in [4.69, 9.17) is 0 Å². The van der Waals surface area contributed by atoms with Gasteiger partial charge in [0.15, 0.2) is 0 Å². The van der Waals surface area contributed by atoms with E-state index in [0.29, 0.717) is 5.91 Å². The summed E-state index contributed by atoms with van der Waals surface area (Å²) in [6.07, 6.45) is 4.18. The number of amides is 1. The van der Waals surface area contributed by atoms with E-state index in [1.54, 1.807) is 0 Å². The van der Waals surface area contributed by atoms with Gasteiger partial charge < -0.3 is 4.90 Å². The molecule has 1 aliphatic heterocycles. The molecule has 72 valence electrons. The summed E-state index contributed by atoms with van der Waals surface area (Å²) in [5.41, 5.74) is 1.31. The number of hydrogen-bond donors (Lipinski definition) is 0. The molecule has 13 heavy (non-hydrogen) atoms. The van der Waals surface area contributed by atoms with Gasteiger partial charge in [-0.2, -0.15) is 0 Å². The highest BCUT2D eigenvalue weighted by molar-refractivity contribution is 5.85. The monoisotopic (exact) mass is 179 g/mol. The Morgan fingerprint density at radius 2 is 1.92 bits per heavy atom. The maximum Gasteiger partial charge on any atom is 0.228 e. The molecule has 0 radical (unpaired) electrons. The van der Waals surface area contributed by atoms with Crippen molar-refractivity contribution >= 4 is 5.91 Å². The Morgan fingerprint density at radius 1 is 1.38 bits per heavy atom. The molecule has 0 N–H and O–H groups in total. The lowest BCUT2D eigenvalue weighted by Gasteiger charge is -2.30. The van der Waals surface area contributed by atoms with Crippen molar-refractivity contribution in [3.63, 3.8) is 0 Å². The van der Waals surface area contributed by atoms with Crippen molar-refractivity contribution in [3.8, 4) is 0 Å². The molecule has 0 aromatic heterocycles. The van der Waals surface area contributed by atoms with Crippen molar-refractivity contribution in [1.29, 1.82) is 0 Å². The van der Waals surface area contributed by atoms with Gasteiger partial charge in [-0.05, 0) is 25.7 Å². The quantitative estimate of drug-likeness (QED) is 0.563. The molecule has 1 saturated carbocycles. The van der Waals surface area contributed by atoms with Crippen LogP contribution in [-0.2, 0) is 4.79 Å². The Morgan fingerprint density at radius 3 is 2.38 bits per heavy atom. The second-order valence-electron chi connectivity index (χ2n) is 4.60. The first-order chi connectivity index (χ1) is 6.12. The number of hydrogen-bond acceptors (Lipinski definition) is 1. The number of carbonyl (C=O) groups excluding carboxylic acids is 1. The molecule has 1 amide bonds. The maximum atomic E-state index is 11.9. The molecule has 1 aliphatic carbocycles. The van der Waals surface area contributed by atoms with E-state index < -0.39 is 0 Å². The van der Waals surface area contributed by atoms with E-state index in [-0.39, 0.29) is 5.41 Å². The first-order valence-corrected chi connectivity index (χ1v) is 5.08. The van der Waals surface area contributed by atoms with E-state index in [1.165, 1.54) is 5.57 Å². The molecule has 0 spiro atoms. The van der Waals surface area contributed by atoms with Gasteiger partial charge >= 0.3 is 0 Å². The Kier molecular flexibility index (Phi) is 1.94. The summed E-state index contributed by atoms with van der Waals surface area (Å²) in [6.45, 7) is 7.82. The average molecular weight is 179 g/mol. The minimum absolute atomic E-state index is 0.0126. The SMILES string of the molecule is C=C1CCN(C(=O)C2(C)CC2)CC1. The Hall–Kier alpha value is -0.790. The first-order valence-electron chi connectivity index (χ1n) is 5.08. The van der Waals surface area contributed by atoms with Crippen LogP contribution in [0.3, 0.4) is 0 Å². The Bertz CT molecular complexity index is 243. The minimum Gasteiger partial charge on any atom is -0.342 e. The predicted octanol–water partition coefficient (Wildman–Crippen LogP) is 1.97. The lowest BCUT2D eigenvalue weighted by Crippen LogP contribution is -2.40. The molecule has 0 atom stereocenters. The number of nitrogens with zero attached hydrogens (tertiary/aromatic N) is 1. The highest BCUT2D eigenvalue weighted by Crippen LogP contribution is 2.46. The molecule has 2 heteroatoms.